The Morgan fingerprint density at radius 2 is 1.53 bits per heavy atom. The average Bonchev–Trinajstić information content (AvgIpc) is 3.04. The van der Waals surface area contributed by atoms with Crippen molar-refractivity contribution >= 4 is 48.1 Å². The first-order valence-electron chi connectivity index (χ1n) is 6.11. The molecule has 1 aliphatic rings. The van der Waals surface area contributed by atoms with Gasteiger partial charge in [-0.15, -0.1) is 0 Å². The molecular weight excluding hydrogens is 286 g/mol. The average molecular weight is 300 g/mol. The molecule has 6 heteroatoms. The molecule has 2 heterocycles. The van der Waals surface area contributed by atoms with Gasteiger partial charge in [-0.2, -0.15) is 0 Å². The molecule has 19 heavy (non-hydrogen) atoms. The highest BCUT2D eigenvalue weighted by Crippen LogP contribution is 2.18. The monoisotopic (exact) mass is 299 g/mol. The minimum Gasteiger partial charge on any atom is -0.432 e. The summed E-state index contributed by atoms with van der Waals surface area (Å²) in [5.74, 6) is 0. The smallest absolute Gasteiger partial charge is 0.236 e. The van der Waals surface area contributed by atoms with Crippen LogP contribution in [0.5, 0.6) is 0 Å². The maximum atomic E-state index is 4.66. The minimum atomic E-state index is -0.0586. The summed E-state index contributed by atoms with van der Waals surface area (Å²) in [6.45, 7) is 0. The lowest BCUT2D eigenvalue weighted by Gasteiger charge is -1.99. The molecule has 0 spiro atoms. The van der Waals surface area contributed by atoms with E-state index < -0.39 is 0 Å². The number of hydrogen-bond donors (Lipinski definition) is 0. The van der Waals surface area contributed by atoms with Crippen molar-refractivity contribution in [3.63, 3.8) is 0 Å². The van der Waals surface area contributed by atoms with E-state index in [1.54, 1.807) is 0 Å². The molecule has 0 amide bonds. The van der Waals surface area contributed by atoms with Crippen molar-refractivity contribution in [1.29, 1.82) is 0 Å². The molecule has 0 aliphatic carbocycles. The second-order valence-corrected chi connectivity index (χ2v) is 13.1. The van der Waals surface area contributed by atoms with Crippen molar-refractivity contribution in [2.75, 3.05) is 0 Å². The zero-order valence-corrected chi connectivity index (χ0v) is 14.0. The highest BCUT2D eigenvalue weighted by atomic mass is 29.4. The molecule has 0 bridgehead atoms. The molecule has 1 aliphatic heterocycles. The van der Waals surface area contributed by atoms with Gasteiger partial charge in [0.1, 0.15) is 0 Å². The van der Waals surface area contributed by atoms with Crippen molar-refractivity contribution in [1.82, 2.24) is 4.98 Å². The maximum Gasteiger partial charge on any atom is 0.236 e. The van der Waals surface area contributed by atoms with Crippen LogP contribution in [0.4, 0.5) is 0 Å². The third-order valence-corrected chi connectivity index (χ3v) is 9.35. The van der Waals surface area contributed by atoms with E-state index in [0.717, 1.165) is 11.0 Å². The van der Waals surface area contributed by atoms with Crippen LogP contribution < -0.4 is 0 Å². The molecule has 0 saturated carbocycles. The normalized spacial score (nSPS) is 14.3. The van der Waals surface area contributed by atoms with Gasteiger partial charge in [0.15, 0.2) is 0 Å². The summed E-state index contributed by atoms with van der Waals surface area (Å²) >= 11 is 0. The Balaban J connectivity index is 0.000000187. The van der Waals surface area contributed by atoms with Crippen molar-refractivity contribution in [3.8, 4) is 0 Å². The molecule has 94 valence electrons. The zero-order valence-electron chi connectivity index (χ0n) is 10.3. The van der Waals surface area contributed by atoms with E-state index in [2.05, 4.69) is 32.3 Å². The summed E-state index contributed by atoms with van der Waals surface area (Å²) in [7, 11) is 0.994. The first kappa shape index (κ1) is 12.5. The van der Waals surface area contributed by atoms with Crippen molar-refractivity contribution in [3.05, 3.63) is 54.6 Å². The first-order chi connectivity index (χ1) is 9.43. The quantitative estimate of drug-likeness (QED) is 0.353. The van der Waals surface area contributed by atoms with E-state index in [1.165, 1.54) is 10.8 Å². The van der Waals surface area contributed by atoms with Crippen molar-refractivity contribution in [2.45, 2.75) is 0 Å². The molecule has 0 saturated heterocycles. The van der Waals surface area contributed by atoms with Crippen molar-refractivity contribution < 1.29 is 9.15 Å². The molecule has 2 aromatic carbocycles. The largest absolute Gasteiger partial charge is 0.432 e. The van der Waals surface area contributed by atoms with Crippen LogP contribution in [0, 0.1) is 0 Å². The number of aromatic nitrogens is 1. The third kappa shape index (κ3) is 3.10. The molecule has 0 unspecified atom stereocenters. The Morgan fingerprint density at radius 3 is 2.00 bits per heavy atom. The summed E-state index contributed by atoms with van der Waals surface area (Å²) in [6, 6.07) is 18.6. The van der Waals surface area contributed by atoms with Gasteiger partial charge in [-0.3, -0.25) is 4.58 Å². The van der Waals surface area contributed by atoms with Crippen molar-refractivity contribution in [2.24, 2.45) is 0 Å². The standard InChI is InChI=1S/C13H9N.H4O2Si3/c1-3-7-12-10(5-1)9-11-6-2-4-8-13(11)14-12;1-2-4-5-3-1/h1-9H;3,5H,4H2. The Labute approximate surface area is 117 Å². The number of nitrogens with zero attached hydrogens (tertiary/aromatic N) is 1. The van der Waals surface area contributed by atoms with Gasteiger partial charge >= 0.3 is 0 Å². The number of para-hydroxylation sites is 2. The highest BCUT2D eigenvalue weighted by molar-refractivity contribution is 7.08. The summed E-state index contributed by atoms with van der Waals surface area (Å²) in [6.07, 6.45) is 0. The van der Waals surface area contributed by atoms with Crippen LogP contribution in [0.25, 0.3) is 21.8 Å². The molecule has 3 nitrogen and oxygen atoms in total. The maximum absolute atomic E-state index is 4.66. The van der Waals surface area contributed by atoms with E-state index in [-0.39, 0.29) is 9.28 Å². The topological polar surface area (TPSA) is 31.4 Å². The molecule has 0 N–H and O–H groups in total. The lowest BCUT2D eigenvalue weighted by atomic mass is 10.1. The van der Waals surface area contributed by atoms with E-state index in [1.807, 2.05) is 36.4 Å². The van der Waals surface area contributed by atoms with Gasteiger partial charge < -0.3 is 4.58 Å². The van der Waals surface area contributed by atoms with Crippen LogP contribution in [-0.2, 0) is 9.15 Å². The van der Waals surface area contributed by atoms with Crippen LogP contribution >= 0.6 is 0 Å². The van der Waals surface area contributed by atoms with Crippen LogP contribution in [0.2, 0.25) is 0 Å². The molecule has 4 rings (SSSR count). The molecule has 0 fully saturated rings. The van der Waals surface area contributed by atoms with Crippen LogP contribution in [0.3, 0.4) is 0 Å². The molecule has 1 aromatic heterocycles. The zero-order chi connectivity index (χ0) is 12.9. The molecule has 0 atom stereocenters. The number of rotatable bonds is 0. The van der Waals surface area contributed by atoms with Crippen LogP contribution in [0.15, 0.2) is 54.6 Å². The second-order valence-electron chi connectivity index (χ2n) is 4.13. The Kier molecular flexibility index (Phi) is 4.04. The second kappa shape index (κ2) is 6.11. The highest BCUT2D eigenvalue weighted by Gasteiger charge is 1.96. The number of fused-ring (bicyclic) bond motifs is 2. The van der Waals surface area contributed by atoms with E-state index in [0.29, 0.717) is 17.0 Å². The SMILES string of the molecule is O1O[SiH2][SiH]=[SiH]1.c1ccc2nc3ccccc3cc2c1. The minimum absolute atomic E-state index is 0.0586. The number of hydrogen-bond acceptors (Lipinski definition) is 3. The first-order valence-corrected chi connectivity index (χ1v) is 13.1. The number of pyridine rings is 1. The van der Waals surface area contributed by atoms with Gasteiger partial charge in [-0.05, 0) is 18.2 Å². The Bertz CT molecular complexity index is 622. The fraction of sp³-hybridized carbons (Fsp3) is 0. The number of benzene rings is 2. The molecule has 3 aromatic rings. The van der Waals surface area contributed by atoms with E-state index in [4.69, 9.17) is 0 Å². The molecular formula is C13H13NO2Si3. The summed E-state index contributed by atoms with van der Waals surface area (Å²) < 4.78 is 9.28. The molecule has 0 radical (unpaired) electrons. The summed E-state index contributed by atoms with van der Waals surface area (Å²) in [4.78, 5) is 4.58. The van der Waals surface area contributed by atoms with Gasteiger partial charge in [0.2, 0.25) is 18.1 Å². The van der Waals surface area contributed by atoms with Crippen LogP contribution in [-0.4, -0.2) is 31.3 Å². The van der Waals surface area contributed by atoms with E-state index >= 15 is 0 Å². The predicted octanol–water partition coefficient (Wildman–Crippen LogP) is 1.04. The summed E-state index contributed by atoms with van der Waals surface area (Å²) in [5, 5.41) is 2.40. The summed E-state index contributed by atoms with van der Waals surface area (Å²) in [5.41, 5.74) is 2.12. The predicted molar refractivity (Wildman–Crippen MR) is 84.3 cm³/mol. The fourth-order valence-corrected chi connectivity index (χ4v) is 7.02. The van der Waals surface area contributed by atoms with E-state index in [9.17, 15) is 0 Å². The van der Waals surface area contributed by atoms with Gasteiger partial charge in [0.05, 0.1) is 11.0 Å². The van der Waals surface area contributed by atoms with Gasteiger partial charge in [-0.25, -0.2) is 4.98 Å². The van der Waals surface area contributed by atoms with Gasteiger partial charge in [-0.1, -0.05) is 36.4 Å². The lowest BCUT2D eigenvalue weighted by Crippen LogP contribution is -1.86. The lowest BCUT2D eigenvalue weighted by molar-refractivity contribution is -0.0861. The van der Waals surface area contributed by atoms with Gasteiger partial charge in [0.25, 0.3) is 0 Å². The Hall–Kier alpha value is -1.48. The van der Waals surface area contributed by atoms with Gasteiger partial charge in [0, 0.05) is 18.9 Å². The third-order valence-electron chi connectivity index (χ3n) is 2.81. The van der Waals surface area contributed by atoms with Crippen LogP contribution in [0.1, 0.15) is 0 Å². The fourth-order valence-electron chi connectivity index (χ4n) is 1.92. The Morgan fingerprint density at radius 1 is 0.895 bits per heavy atom.